The highest BCUT2D eigenvalue weighted by Gasteiger charge is 2.53. The second-order valence-electron chi connectivity index (χ2n) is 8.53. The summed E-state index contributed by atoms with van der Waals surface area (Å²) in [4.78, 5) is 53.8. The van der Waals surface area contributed by atoms with E-state index in [2.05, 4.69) is 0 Å². The number of benzene rings is 2. The lowest BCUT2D eigenvalue weighted by Gasteiger charge is -2.35. The number of Topliss-reactive ketones (excluding diaryl/α,β-unsaturated/α-hetero) is 1. The van der Waals surface area contributed by atoms with E-state index in [0.29, 0.717) is 29.2 Å². The smallest absolute Gasteiger partial charge is 0.275 e. The molecule has 0 spiro atoms. The predicted octanol–water partition coefficient (Wildman–Crippen LogP) is 4.81. The molecule has 0 radical (unpaired) electrons. The van der Waals surface area contributed by atoms with Crippen LogP contribution in [0.4, 0.5) is 0 Å². The van der Waals surface area contributed by atoms with Crippen LogP contribution in [-0.4, -0.2) is 46.7 Å². The SMILES string of the molecule is COc1ccc(C(=O)[C@H](C)N(C(=O)c2ccc(Cl)cc2Cl)N2C(=O)[C@H]3CCCC[C@@H]3C2=O)cc1. The molecule has 178 valence electrons. The fourth-order valence-electron chi connectivity index (χ4n) is 4.69. The lowest BCUT2D eigenvalue weighted by Crippen LogP contribution is -2.56. The van der Waals surface area contributed by atoms with E-state index in [9.17, 15) is 19.2 Å². The molecule has 34 heavy (non-hydrogen) atoms. The third-order valence-electron chi connectivity index (χ3n) is 6.52. The average Bonchev–Trinajstić information content (AvgIpc) is 3.09. The highest BCUT2D eigenvalue weighted by molar-refractivity contribution is 6.36. The highest BCUT2D eigenvalue weighted by atomic mass is 35.5. The quantitative estimate of drug-likeness (QED) is 0.418. The van der Waals surface area contributed by atoms with Crippen molar-refractivity contribution in [3.63, 3.8) is 0 Å². The van der Waals surface area contributed by atoms with Gasteiger partial charge in [0, 0.05) is 10.6 Å². The molecule has 1 aliphatic carbocycles. The number of rotatable bonds is 6. The minimum Gasteiger partial charge on any atom is -0.497 e. The van der Waals surface area contributed by atoms with E-state index >= 15 is 0 Å². The van der Waals surface area contributed by atoms with Gasteiger partial charge in [-0.15, -0.1) is 0 Å². The second-order valence-corrected chi connectivity index (χ2v) is 9.37. The first-order valence-electron chi connectivity index (χ1n) is 11.1. The summed E-state index contributed by atoms with van der Waals surface area (Å²) >= 11 is 12.3. The van der Waals surface area contributed by atoms with Crippen LogP contribution in [0.15, 0.2) is 42.5 Å². The van der Waals surface area contributed by atoms with Crippen molar-refractivity contribution in [2.45, 2.75) is 38.6 Å². The molecule has 3 amide bonds. The van der Waals surface area contributed by atoms with Crippen molar-refractivity contribution in [2.24, 2.45) is 11.8 Å². The van der Waals surface area contributed by atoms with Gasteiger partial charge in [-0.2, -0.15) is 5.01 Å². The Morgan fingerprint density at radius 3 is 2.12 bits per heavy atom. The van der Waals surface area contributed by atoms with Crippen LogP contribution in [0.3, 0.4) is 0 Å². The Kier molecular flexibility index (Phi) is 6.96. The van der Waals surface area contributed by atoms with Gasteiger partial charge in [-0.25, -0.2) is 5.01 Å². The number of hydrogen-bond donors (Lipinski definition) is 0. The number of hydrazine groups is 1. The van der Waals surface area contributed by atoms with Crippen molar-refractivity contribution in [1.29, 1.82) is 0 Å². The monoisotopic (exact) mass is 502 g/mol. The number of fused-ring (bicyclic) bond motifs is 1. The van der Waals surface area contributed by atoms with E-state index < -0.39 is 41.4 Å². The van der Waals surface area contributed by atoms with Gasteiger partial charge in [0.05, 0.1) is 29.5 Å². The molecule has 0 N–H and O–H groups in total. The van der Waals surface area contributed by atoms with E-state index in [1.54, 1.807) is 24.3 Å². The molecule has 0 unspecified atom stereocenters. The minimum atomic E-state index is -1.15. The fourth-order valence-corrected chi connectivity index (χ4v) is 5.18. The topological polar surface area (TPSA) is 84.0 Å². The van der Waals surface area contributed by atoms with Crippen LogP contribution >= 0.6 is 23.2 Å². The summed E-state index contributed by atoms with van der Waals surface area (Å²) in [5.74, 6) is -2.47. The van der Waals surface area contributed by atoms with Crippen molar-refractivity contribution < 1.29 is 23.9 Å². The Labute approximate surface area is 207 Å². The summed E-state index contributed by atoms with van der Waals surface area (Å²) in [6.45, 7) is 1.50. The molecule has 2 fully saturated rings. The molecule has 4 rings (SSSR count). The Bertz CT molecular complexity index is 1130. The number of amides is 3. The molecule has 2 aromatic rings. The normalized spacial score (nSPS) is 20.6. The number of hydrogen-bond acceptors (Lipinski definition) is 5. The summed E-state index contributed by atoms with van der Waals surface area (Å²) in [5.41, 5.74) is 0.348. The Hall–Kier alpha value is -2.90. The number of methoxy groups -OCH3 is 1. The number of ether oxygens (including phenoxy) is 1. The fraction of sp³-hybridized carbons (Fsp3) is 0.360. The van der Waals surface area contributed by atoms with Crippen LogP contribution in [0.2, 0.25) is 10.0 Å². The molecule has 1 saturated heterocycles. The standard InChI is InChI=1S/C25H24Cl2N2O5/c1-14(22(30)15-7-10-17(34-2)11-8-15)28(25(33)20-12-9-16(26)13-21(20)27)29-23(31)18-5-3-4-6-19(18)24(29)32/h7-14,18-19H,3-6H2,1-2H3/t14-,18-,19-/m0/s1. The van der Waals surface area contributed by atoms with Crippen LogP contribution < -0.4 is 4.74 Å². The zero-order chi connectivity index (χ0) is 24.6. The van der Waals surface area contributed by atoms with Crippen molar-refractivity contribution in [3.05, 3.63) is 63.6 Å². The summed E-state index contributed by atoms with van der Waals surface area (Å²) in [5, 5.41) is 2.22. The van der Waals surface area contributed by atoms with E-state index in [0.717, 1.165) is 22.9 Å². The number of nitrogens with zero attached hydrogens (tertiary/aromatic N) is 2. The summed E-state index contributed by atoms with van der Waals surface area (Å²) < 4.78 is 5.14. The van der Waals surface area contributed by atoms with Crippen LogP contribution in [0.25, 0.3) is 0 Å². The first-order valence-corrected chi connectivity index (χ1v) is 11.8. The van der Waals surface area contributed by atoms with Crippen molar-refractivity contribution in [2.75, 3.05) is 7.11 Å². The zero-order valence-corrected chi connectivity index (χ0v) is 20.3. The zero-order valence-electron chi connectivity index (χ0n) is 18.8. The Balaban J connectivity index is 1.75. The minimum absolute atomic E-state index is 0.0379. The number of carbonyl (C=O) groups is 4. The molecular weight excluding hydrogens is 479 g/mol. The number of imide groups is 1. The van der Waals surface area contributed by atoms with Gasteiger partial charge < -0.3 is 4.74 Å². The van der Waals surface area contributed by atoms with Crippen molar-refractivity contribution >= 4 is 46.7 Å². The lowest BCUT2D eigenvalue weighted by molar-refractivity contribution is -0.156. The van der Waals surface area contributed by atoms with Gasteiger partial charge in [0.15, 0.2) is 5.78 Å². The number of carbonyl (C=O) groups excluding carboxylic acids is 4. The van der Waals surface area contributed by atoms with Gasteiger partial charge in [-0.1, -0.05) is 36.0 Å². The molecule has 1 heterocycles. The van der Waals surface area contributed by atoms with Crippen LogP contribution in [-0.2, 0) is 9.59 Å². The molecule has 3 atom stereocenters. The molecule has 0 bridgehead atoms. The third-order valence-corrected chi connectivity index (χ3v) is 7.07. The van der Waals surface area contributed by atoms with Gasteiger partial charge in [-0.3, -0.25) is 19.2 Å². The van der Waals surface area contributed by atoms with Gasteiger partial charge in [0.1, 0.15) is 11.8 Å². The van der Waals surface area contributed by atoms with Crippen LogP contribution in [0.1, 0.15) is 53.3 Å². The molecule has 2 aliphatic rings. The van der Waals surface area contributed by atoms with Gasteiger partial charge >= 0.3 is 0 Å². The third kappa shape index (κ3) is 4.30. The number of ketones is 1. The van der Waals surface area contributed by atoms with Gasteiger partial charge in [0.25, 0.3) is 17.7 Å². The number of halogens is 2. The largest absolute Gasteiger partial charge is 0.497 e. The van der Waals surface area contributed by atoms with E-state index in [4.69, 9.17) is 27.9 Å². The van der Waals surface area contributed by atoms with E-state index in [-0.39, 0.29) is 10.6 Å². The maximum absolute atomic E-state index is 13.7. The Morgan fingerprint density at radius 1 is 1.00 bits per heavy atom. The summed E-state index contributed by atoms with van der Waals surface area (Å²) in [6.07, 6.45) is 2.84. The van der Waals surface area contributed by atoms with Gasteiger partial charge in [0.2, 0.25) is 0 Å². The summed E-state index contributed by atoms with van der Waals surface area (Å²) in [6, 6.07) is 9.56. The molecule has 0 aromatic heterocycles. The van der Waals surface area contributed by atoms with Crippen molar-refractivity contribution in [3.8, 4) is 5.75 Å². The molecule has 2 aromatic carbocycles. The molecule has 1 aliphatic heterocycles. The molecular formula is C25H24Cl2N2O5. The van der Waals surface area contributed by atoms with E-state index in [1.807, 2.05) is 0 Å². The average molecular weight is 503 g/mol. The molecule has 9 heteroatoms. The molecule has 1 saturated carbocycles. The lowest BCUT2D eigenvalue weighted by atomic mass is 9.81. The maximum atomic E-state index is 13.7. The first-order chi connectivity index (χ1) is 16.2. The second kappa shape index (κ2) is 9.76. The predicted molar refractivity (Wildman–Crippen MR) is 127 cm³/mol. The first kappa shape index (κ1) is 24.2. The van der Waals surface area contributed by atoms with E-state index in [1.165, 1.54) is 32.2 Å². The maximum Gasteiger partial charge on any atom is 0.275 e. The van der Waals surface area contributed by atoms with Crippen molar-refractivity contribution in [1.82, 2.24) is 10.0 Å². The summed E-state index contributed by atoms with van der Waals surface area (Å²) in [7, 11) is 1.51. The molecule has 7 nitrogen and oxygen atoms in total. The Morgan fingerprint density at radius 2 is 1.59 bits per heavy atom. The van der Waals surface area contributed by atoms with Crippen LogP contribution in [0, 0.1) is 11.8 Å². The highest BCUT2D eigenvalue weighted by Crippen LogP contribution is 2.40. The van der Waals surface area contributed by atoms with Crippen LogP contribution in [0.5, 0.6) is 5.75 Å². The van der Waals surface area contributed by atoms with Gasteiger partial charge in [-0.05, 0) is 62.2 Å².